The summed E-state index contributed by atoms with van der Waals surface area (Å²) >= 11 is 0. The third-order valence-corrected chi connectivity index (χ3v) is 6.34. The van der Waals surface area contributed by atoms with Crippen LogP contribution in [0.1, 0.15) is 54.7 Å². The minimum absolute atomic E-state index is 0.0899. The van der Waals surface area contributed by atoms with Crippen LogP contribution in [0.5, 0.6) is 0 Å². The zero-order chi connectivity index (χ0) is 18.8. The van der Waals surface area contributed by atoms with E-state index >= 15 is 0 Å². The third kappa shape index (κ3) is 3.85. The van der Waals surface area contributed by atoms with Crippen molar-refractivity contribution in [1.29, 1.82) is 0 Å². The maximum atomic E-state index is 12.8. The van der Waals surface area contributed by atoms with E-state index in [-0.39, 0.29) is 11.8 Å². The first-order valence-corrected chi connectivity index (χ1v) is 10.2. The fourth-order valence-corrected chi connectivity index (χ4v) is 4.74. The predicted octanol–water partition coefficient (Wildman–Crippen LogP) is 1.32. The summed E-state index contributed by atoms with van der Waals surface area (Å²) in [5.41, 5.74) is 0.865. The number of rotatable bonds is 3. The summed E-state index contributed by atoms with van der Waals surface area (Å²) in [5, 5.41) is 7.44. The van der Waals surface area contributed by atoms with E-state index < -0.39 is 0 Å². The standard InChI is InChI=1S/C19H29N5O3/c1-14-17(21-27-20-14)19(26)23-11-6-16(7-12-23)24-10-4-5-15(13-24)18(25)22-8-2-3-9-22/h15-16H,2-13H2,1H3/t15-/m0/s1. The number of hydrogen-bond donors (Lipinski definition) is 0. The van der Waals surface area contributed by atoms with Gasteiger partial charge in [0.05, 0.1) is 5.92 Å². The zero-order valence-electron chi connectivity index (χ0n) is 16.1. The Morgan fingerprint density at radius 3 is 2.33 bits per heavy atom. The molecular weight excluding hydrogens is 346 g/mol. The molecule has 27 heavy (non-hydrogen) atoms. The monoisotopic (exact) mass is 375 g/mol. The molecule has 4 heterocycles. The number of nitrogens with zero attached hydrogens (tertiary/aromatic N) is 5. The van der Waals surface area contributed by atoms with Gasteiger partial charge in [0.25, 0.3) is 5.91 Å². The van der Waals surface area contributed by atoms with E-state index in [0.29, 0.717) is 23.3 Å². The summed E-state index contributed by atoms with van der Waals surface area (Å²) in [5.74, 6) is 0.423. The van der Waals surface area contributed by atoms with Crippen LogP contribution in [-0.2, 0) is 4.79 Å². The van der Waals surface area contributed by atoms with Gasteiger partial charge in [0.15, 0.2) is 5.69 Å². The van der Waals surface area contributed by atoms with Crippen molar-refractivity contribution in [2.24, 2.45) is 5.92 Å². The van der Waals surface area contributed by atoms with Crippen LogP contribution in [0, 0.1) is 12.8 Å². The summed E-state index contributed by atoms with van der Waals surface area (Å²) < 4.78 is 4.66. The van der Waals surface area contributed by atoms with Crippen LogP contribution < -0.4 is 0 Å². The molecule has 148 valence electrons. The first kappa shape index (κ1) is 18.4. The Hall–Kier alpha value is -1.96. The number of amides is 2. The lowest BCUT2D eigenvalue weighted by Crippen LogP contribution is -2.51. The third-order valence-electron chi connectivity index (χ3n) is 6.34. The fraction of sp³-hybridized carbons (Fsp3) is 0.789. The first-order chi connectivity index (χ1) is 13.1. The smallest absolute Gasteiger partial charge is 0.278 e. The molecule has 0 unspecified atom stereocenters. The second-order valence-electron chi connectivity index (χ2n) is 8.09. The number of hydrogen-bond acceptors (Lipinski definition) is 6. The van der Waals surface area contributed by atoms with Gasteiger partial charge in [-0.1, -0.05) is 5.16 Å². The molecule has 3 saturated heterocycles. The maximum absolute atomic E-state index is 12.8. The average molecular weight is 375 g/mol. The van der Waals surface area contributed by atoms with Gasteiger partial charge < -0.3 is 9.80 Å². The lowest BCUT2D eigenvalue weighted by Gasteiger charge is -2.42. The van der Waals surface area contributed by atoms with Crippen LogP contribution in [0.15, 0.2) is 4.63 Å². The van der Waals surface area contributed by atoms with Crippen LogP contribution in [0.4, 0.5) is 0 Å². The Balaban J connectivity index is 1.30. The van der Waals surface area contributed by atoms with Gasteiger partial charge in [0.2, 0.25) is 5.91 Å². The van der Waals surface area contributed by atoms with Gasteiger partial charge >= 0.3 is 0 Å². The van der Waals surface area contributed by atoms with Crippen molar-refractivity contribution in [3.8, 4) is 0 Å². The summed E-state index contributed by atoms with van der Waals surface area (Å²) in [7, 11) is 0. The molecule has 4 rings (SSSR count). The van der Waals surface area contributed by atoms with Crippen LogP contribution >= 0.6 is 0 Å². The predicted molar refractivity (Wildman–Crippen MR) is 98.1 cm³/mol. The molecule has 0 aromatic carbocycles. The van der Waals surface area contributed by atoms with Crippen LogP contribution in [0.2, 0.25) is 0 Å². The molecule has 0 radical (unpaired) electrons. The van der Waals surface area contributed by atoms with Gasteiger partial charge in [0.1, 0.15) is 5.69 Å². The molecule has 0 N–H and O–H groups in total. The number of carbonyl (C=O) groups is 2. The minimum atomic E-state index is -0.0899. The van der Waals surface area contributed by atoms with Gasteiger partial charge in [0, 0.05) is 38.8 Å². The van der Waals surface area contributed by atoms with Crippen molar-refractivity contribution in [2.45, 2.75) is 51.5 Å². The molecule has 1 atom stereocenters. The minimum Gasteiger partial charge on any atom is -0.342 e. The van der Waals surface area contributed by atoms with E-state index in [1.165, 1.54) is 0 Å². The summed E-state index contributed by atoms with van der Waals surface area (Å²) in [4.78, 5) is 31.7. The summed E-state index contributed by atoms with van der Waals surface area (Å²) in [6.07, 6.45) is 6.29. The van der Waals surface area contributed by atoms with E-state index in [4.69, 9.17) is 0 Å². The Bertz CT molecular complexity index is 677. The molecule has 3 aliphatic heterocycles. The SMILES string of the molecule is Cc1nonc1C(=O)N1CCC(N2CCC[C@H](C(=O)N3CCCC3)C2)CC1. The van der Waals surface area contributed by atoms with E-state index in [0.717, 1.165) is 77.8 Å². The van der Waals surface area contributed by atoms with Crippen LogP contribution in [0.3, 0.4) is 0 Å². The molecule has 8 heteroatoms. The fourth-order valence-electron chi connectivity index (χ4n) is 4.74. The molecule has 0 spiro atoms. The first-order valence-electron chi connectivity index (χ1n) is 10.2. The van der Waals surface area contributed by atoms with Crippen molar-refractivity contribution in [1.82, 2.24) is 25.0 Å². The largest absolute Gasteiger partial charge is 0.342 e. The second-order valence-corrected chi connectivity index (χ2v) is 8.09. The van der Waals surface area contributed by atoms with E-state index in [1.54, 1.807) is 6.92 Å². The molecule has 3 aliphatic rings. The molecule has 2 amide bonds. The zero-order valence-corrected chi connectivity index (χ0v) is 16.1. The number of likely N-dealkylation sites (tertiary alicyclic amines) is 3. The molecule has 8 nitrogen and oxygen atoms in total. The van der Waals surface area contributed by atoms with Gasteiger partial charge in [-0.25, -0.2) is 4.63 Å². The number of aromatic nitrogens is 2. The quantitative estimate of drug-likeness (QED) is 0.792. The molecular formula is C19H29N5O3. The van der Waals surface area contributed by atoms with E-state index in [9.17, 15) is 9.59 Å². The number of piperidine rings is 2. The van der Waals surface area contributed by atoms with Gasteiger partial charge in [-0.2, -0.15) is 0 Å². The van der Waals surface area contributed by atoms with Gasteiger partial charge in [-0.3, -0.25) is 14.5 Å². The van der Waals surface area contributed by atoms with Gasteiger partial charge in [-0.05, 0) is 57.2 Å². The van der Waals surface area contributed by atoms with Crippen molar-refractivity contribution < 1.29 is 14.2 Å². The van der Waals surface area contributed by atoms with Crippen LogP contribution in [0.25, 0.3) is 0 Å². The number of aryl methyl sites for hydroxylation is 1. The van der Waals surface area contributed by atoms with E-state index in [1.807, 2.05) is 4.90 Å². The molecule has 1 aromatic rings. The number of carbonyl (C=O) groups excluding carboxylic acids is 2. The highest BCUT2D eigenvalue weighted by atomic mass is 16.6. The van der Waals surface area contributed by atoms with Gasteiger partial charge in [-0.15, -0.1) is 0 Å². The topological polar surface area (TPSA) is 82.8 Å². The Morgan fingerprint density at radius 2 is 1.67 bits per heavy atom. The molecule has 3 fully saturated rings. The summed E-state index contributed by atoms with van der Waals surface area (Å²) in [6, 6.07) is 0.458. The van der Waals surface area contributed by atoms with Crippen molar-refractivity contribution in [3.63, 3.8) is 0 Å². The Labute approximate surface area is 159 Å². The van der Waals surface area contributed by atoms with Crippen molar-refractivity contribution in [2.75, 3.05) is 39.3 Å². The molecule has 1 aromatic heterocycles. The normalized spacial score (nSPS) is 25.1. The van der Waals surface area contributed by atoms with Crippen molar-refractivity contribution >= 4 is 11.8 Å². The van der Waals surface area contributed by atoms with Crippen LogP contribution in [-0.4, -0.2) is 82.1 Å². The molecule has 0 aliphatic carbocycles. The lowest BCUT2D eigenvalue weighted by atomic mass is 9.93. The van der Waals surface area contributed by atoms with E-state index in [2.05, 4.69) is 24.7 Å². The average Bonchev–Trinajstić information content (AvgIpc) is 3.39. The summed E-state index contributed by atoms with van der Waals surface area (Å²) in [6.45, 7) is 6.99. The maximum Gasteiger partial charge on any atom is 0.278 e. The molecule has 0 bridgehead atoms. The highest BCUT2D eigenvalue weighted by Crippen LogP contribution is 2.26. The highest BCUT2D eigenvalue weighted by Gasteiger charge is 2.35. The highest BCUT2D eigenvalue weighted by molar-refractivity contribution is 5.93. The molecule has 0 saturated carbocycles. The Morgan fingerprint density at radius 1 is 0.926 bits per heavy atom. The lowest BCUT2D eigenvalue weighted by molar-refractivity contribution is -0.136. The Kier molecular flexibility index (Phi) is 5.43. The second kappa shape index (κ2) is 7.96. The van der Waals surface area contributed by atoms with Crippen molar-refractivity contribution in [3.05, 3.63) is 11.4 Å².